The Hall–Kier alpha value is -2.70. The van der Waals surface area contributed by atoms with Crippen LogP contribution in [-0.2, 0) is 9.63 Å². The zero-order valence-corrected chi connectivity index (χ0v) is 18.8. The molecular formula is C23H36N6O3. The molecule has 0 aliphatic heterocycles. The molecule has 1 aliphatic carbocycles. The molecule has 1 amide bonds. The molecule has 1 fully saturated rings. The number of unbranched alkanes of at least 4 members (excludes halogenated alkanes) is 3. The molecule has 1 heterocycles. The molecule has 1 saturated carbocycles. The van der Waals surface area contributed by atoms with Gasteiger partial charge in [-0.15, -0.1) is 0 Å². The molecule has 176 valence electrons. The van der Waals surface area contributed by atoms with Gasteiger partial charge in [-0.3, -0.25) is 24.9 Å². The third-order valence-electron chi connectivity index (χ3n) is 5.31. The van der Waals surface area contributed by atoms with E-state index in [2.05, 4.69) is 20.6 Å². The summed E-state index contributed by atoms with van der Waals surface area (Å²) in [4.78, 5) is 26.9. The van der Waals surface area contributed by atoms with E-state index < -0.39 is 0 Å². The van der Waals surface area contributed by atoms with Gasteiger partial charge >= 0.3 is 0 Å². The summed E-state index contributed by atoms with van der Waals surface area (Å²) in [5, 5.41) is 25.1. The molecule has 1 aliphatic rings. The lowest BCUT2D eigenvalue weighted by atomic mass is 9.98. The van der Waals surface area contributed by atoms with Gasteiger partial charge in [0, 0.05) is 37.7 Å². The Bertz CT molecular complexity index is 716. The number of aliphatic hydroxyl groups is 1. The number of pyridine rings is 1. The highest BCUT2D eigenvalue weighted by Crippen LogP contribution is 2.22. The number of aliphatic imine (C=N–C) groups is 1. The molecule has 1 aromatic rings. The zero-order valence-electron chi connectivity index (χ0n) is 18.8. The lowest BCUT2D eigenvalue weighted by Gasteiger charge is -2.29. The Kier molecular flexibility index (Phi) is 12.8. The van der Waals surface area contributed by atoms with Crippen LogP contribution in [0.1, 0.15) is 70.6 Å². The molecule has 0 atom stereocenters. The largest absolute Gasteiger partial charge is 0.396 e. The second kappa shape index (κ2) is 16.0. The first-order valence-electron chi connectivity index (χ1n) is 11.7. The van der Waals surface area contributed by atoms with E-state index in [1.807, 2.05) is 6.19 Å². The number of nitriles is 1. The number of carbonyl (C=O) groups is 1. The molecule has 9 heteroatoms. The summed E-state index contributed by atoms with van der Waals surface area (Å²) in [6, 6.07) is 3.60. The van der Waals surface area contributed by atoms with E-state index in [0.29, 0.717) is 31.9 Å². The number of nitrogens with one attached hydrogen (secondary N) is 2. The molecule has 2 rings (SSSR count). The second-order valence-electron chi connectivity index (χ2n) is 7.93. The van der Waals surface area contributed by atoms with Gasteiger partial charge in [-0.25, -0.2) is 5.06 Å². The first-order valence-corrected chi connectivity index (χ1v) is 11.7. The molecule has 0 spiro atoms. The van der Waals surface area contributed by atoms with Crippen molar-refractivity contribution in [3.63, 3.8) is 0 Å². The maximum atomic E-state index is 12.6. The predicted molar refractivity (Wildman–Crippen MR) is 123 cm³/mol. The number of anilines is 1. The van der Waals surface area contributed by atoms with Gasteiger partial charge in [0.05, 0.1) is 12.6 Å². The van der Waals surface area contributed by atoms with Crippen molar-refractivity contribution in [2.75, 3.05) is 25.0 Å². The summed E-state index contributed by atoms with van der Waals surface area (Å²) in [5.74, 6) is 0.414. The Balaban J connectivity index is 1.65. The van der Waals surface area contributed by atoms with Gasteiger partial charge in [0.15, 0.2) is 6.19 Å². The molecule has 0 unspecified atom stereocenters. The van der Waals surface area contributed by atoms with Crippen LogP contribution in [0.3, 0.4) is 0 Å². The van der Waals surface area contributed by atoms with Crippen LogP contribution < -0.4 is 10.6 Å². The van der Waals surface area contributed by atoms with Crippen molar-refractivity contribution in [3.05, 3.63) is 24.5 Å². The summed E-state index contributed by atoms with van der Waals surface area (Å²) in [7, 11) is 0. The van der Waals surface area contributed by atoms with Gasteiger partial charge in [0.1, 0.15) is 0 Å². The number of amides is 1. The van der Waals surface area contributed by atoms with Gasteiger partial charge < -0.3 is 10.4 Å². The quantitative estimate of drug-likeness (QED) is 0.106. The van der Waals surface area contributed by atoms with E-state index in [1.165, 1.54) is 11.5 Å². The van der Waals surface area contributed by atoms with Crippen molar-refractivity contribution >= 4 is 17.6 Å². The van der Waals surface area contributed by atoms with Crippen LogP contribution in [0.25, 0.3) is 0 Å². The average Bonchev–Trinajstić information content (AvgIpc) is 2.82. The molecule has 1 aromatic heterocycles. The summed E-state index contributed by atoms with van der Waals surface area (Å²) < 4.78 is 0. The number of hydrogen-bond acceptors (Lipinski definition) is 6. The van der Waals surface area contributed by atoms with Gasteiger partial charge in [0.2, 0.25) is 11.9 Å². The maximum absolute atomic E-state index is 12.6. The van der Waals surface area contributed by atoms with Crippen molar-refractivity contribution in [2.24, 2.45) is 4.99 Å². The van der Waals surface area contributed by atoms with Gasteiger partial charge in [0.25, 0.3) is 0 Å². The smallest absolute Gasteiger partial charge is 0.246 e. The van der Waals surface area contributed by atoms with Crippen molar-refractivity contribution in [2.45, 2.75) is 76.7 Å². The Morgan fingerprint density at radius 3 is 2.66 bits per heavy atom. The van der Waals surface area contributed by atoms with E-state index in [9.17, 15) is 4.79 Å². The van der Waals surface area contributed by atoms with E-state index >= 15 is 0 Å². The normalized spacial score (nSPS) is 14.6. The van der Waals surface area contributed by atoms with Crippen LogP contribution in [0.2, 0.25) is 0 Å². The minimum Gasteiger partial charge on any atom is -0.396 e. The van der Waals surface area contributed by atoms with Crippen LogP contribution in [-0.4, -0.2) is 52.8 Å². The second-order valence-corrected chi connectivity index (χ2v) is 7.93. The van der Waals surface area contributed by atoms with E-state index in [-0.39, 0.29) is 18.6 Å². The predicted octanol–water partition coefficient (Wildman–Crippen LogP) is 3.35. The Morgan fingerprint density at radius 1 is 1.19 bits per heavy atom. The molecule has 32 heavy (non-hydrogen) atoms. The number of guanidine groups is 1. The number of rotatable bonds is 13. The van der Waals surface area contributed by atoms with Gasteiger partial charge in [-0.05, 0) is 44.2 Å². The first kappa shape index (κ1) is 25.6. The Morgan fingerprint density at radius 2 is 1.94 bits per heavy atom. The summed E-state index contributed by atoms with van der Waals surface area (Å²) in [5.41, 5.74) is 0.807. The molecular weight excluding hydrogens is 408 g/mol. The van der Waals surface area contributed by atoms with Crippen molar-refractivity contribution < 1.29 is 14.7 Å². The van der Waals surface area contributed by atoms with Gasteiger partial charge in [-0.1, -0.05) is 32.1 Å². The topological polar surface area (TPSA) is 123 Å². The molecule has 0 saturated heterocycles. The number of aromatic nitrogens is 1. The maximum Gasteiger partial charge on any atom is 0.246 e. The van der Waals surface area contributed by atoms with Crippen LogP contribution in [0.4, 0.5) is 5.69 Å². The van der Waals surface area contributed by atoms with Crippen LogP contribution >= 0.6 is 0 Å². The number of aliphatic hydroxyl groups excluding tert-OH is 1. The fourth-order valence-corrected chi connectivity index (χ4v) is 3.59. The standard InChI is InChI=1S/C23H36N6O3/c24-19-27-23(28-20-12-15-25-16-13-20)26-14-7-2-1-6-11-22(31)29(17-8-18-30)32-21-9-4-3-5-10-21/h12-13,15-16,21,30H,1-11,14,17-18H2,(H2,25,26,27,28). The fourth-order valence-electron chi connectivity index (χ4n) is 3.59. The fraction of sp³-hybridized carbons (Fsp3) is 0.652. The molecule has 0 bridgehead atoms. The number of hydrogen-bond donors (Lipinski definition) is 3. The molecule has 3 N–H and O–H groups in total. The van der Waals surface area contributed by atoms with E-state index in [0.717, 1.165) is 57.1 Å². The van der Waals surface area contributed by atoms with E-state index in [1.54, 1.807) is 24.5 Å². The zero-order chi connectivity index (χ0) is 22.9. The van der Waals surface area contributed by atoms with Crippen molar-refractivity contribution in [1.29, 1.82) is 5.26 Å². The summed E-state index contributed by atoms with van der Waals surface area (Å²) in [6.07, 6.45) is 15.4. The highest BCUT2D eigenvalue weighted by molar-refractivity contribution is 5.94. The van der Waals surface area contributed by atoms with E-state index in [4.69, 9.17) is 15.2 Å². The highest BCUT2D eigenvalue weighted by atomic mass is 16.7. The summed E-state index contributed by atoms with van der Waals surface area (Å²) >= 11 is 0. The van der Waals surface area contributed by atoms with Gasteiger partial charge in [-0.2, -0.15) is 5.26 Å². The minimum atomic E-state index is 0.00380. The average molecular weight is 445 g/mol. The third-order valence-corrected chi connectivity index (χ3v) is 5.31. The molecule has 9 nitrogen and oxygen atoms in total. The number of carbonyl (C=O) groups excluding carboxylic acids is 1. The lowest BCUT2D eigenvalue weighted by molar-refractivity contribution is -0.211. The van der Waals surface area contributed by atoms with Crippen LogP contribution in [0.5, 0.6) is 0 Å². The molecule has 0 radical (unpaired) electrons. The van der Waals surface area contributed by atoms with Crippen LogP contribution in [0, 0.1) is 11.5 Å². The SMILES string of the molecule is N#CNC(=NCCCCCCC(=O)N(CCCO)OC1CCCCC1)Nc1ccncc1. The van der Waals surface area contributed by atoms with Crippen molar-refractivity contribution in [3.8, 4) is 6.19 Å². The number of hydroxylamine groups is 2. The lowest BCUT2D eigenvalue weighted by Crippen LogP contribution is -2.37. The Labute approximate surface area is 190 Å². The first-order chi connectivity index (χ1) is 15.7. The number of nitrogens with zero attached hydrogens (tertiary/aromatic N) is 4. The minimum absolute atomic E-state index is 0.00380. The summed E-state index contributed by atoms with van der Waals surface area (Å²) in [6.45, 7) is 1.08. The molecule has 0 aromatic carbocycles. The highest BCUT2D eigenvalue weighted by Gasteiger charge is 2.21. The van der Waals surface area contributed by atoms with Crippen LogP contribution in [0.15, 0.2) is 29.5 Å². The monoisotopic (exact) mass is 444 g/mol. The third kappa shape index (κ3) is 10.6. The van der Waals surface area contributed by atoms with Crippen molar-refractivity contribution in [1.82, 2.24) is 15.4 Å².